The predicted molar refractivity (Wildman–Crippen MR) is 55.8 cm³/mol. The number of rotatable bonds is 3. The Morgan fingerprint density at radius 2 is 2.00 bits per heavy atom. The molecule has 0 fully saturated rings. The first-order chi connectivity index (χ1) is 8.01. The van der Waals surface area contributed by atoms with Crippen molar-refractivity contribution in [3.05, 3.63) is 49.3 Å². The lowest BCUT2D eigenvalue weighted by Gasteiger charge is -2.05. The third-order valence-corrected chi connectivity index (χ3v) is 1.80. The largest absolute Gasteiger partial charge is 0.398 e. The zero-order valence-electron chi connectivity index (χ0n) is 8.54. The average molecular weight is 238 g/mol. The van der Waals surface area contributed by atoms with Gasteiger partial charge in [-0.2, -0.15) is 0 Å². The molecule has 9 heteroatoms. The highest BCUT2D eigenvalue weighted by Crippen LogP contribution is 2.19. The number of nitro groups is 2. The molecule has 0 spiro atoms. The first kappa shape index (κ1) is 12.3. The topological polar surface area (TPSA) is 132 Å². The molecule has 1 aliphatic carbocycles. The molecule has 0 amide bonds. The van der Waals surface area contributed by atoms with Gasteiger partial charge < -0.3 is 4.84 Å². The first-order valence-corrected chi connectivity index (χ1v) is 4.15. The maximum Gasteiger partial charge on any atom is 0.306 e. The Morgan fingerprint density at radius 3 is 2.41 bits per heavy atom. The van der Waals surface area contributed by atoms with E-state index in [1.54, 1.807) is 0 Å². The lowest BCUT2D eigenvalue weighted by molar-refractivity contribution is -0.429. The summed E-state index contributed by atoms with van der Waals surface area (Å²) in [5, 5.41) is 31.5. The van der Waals surface area contributed by atoms with Crippen LogP contribution in [0.3, 0.4) is 0 Å². The van der Waals surface area contributed by atoms with Crippen molar-refractivity contribution < 1.29 is 14.7 Å². The molecule has 0 radical (unpaired) electrons. The summed E-state index contributed by atoms with van der Waals surface area (Å²) in [7, 11) is 1.17. The third kappa shape index (κ3) is 2.41. The van der Waals surface area contributed by atoms with Gasteiger partial charge >= 0.3 is 5.70 Å². The molecule has 17 heavy (non-hydrogen) atoms. The van der Waals surface area contributed by atoms with Gasteiger partial charge in [-0.15, -0.1) is 0 Å². The predicted octanol–water partition coefficient (Wildman–Crippen LogP) is 0.498. The van der Waals surface area contributed by atoms with Crippen molar-refractivity contribution >= 4 is 11.6 Å². The second-order valence-electron chi connectivity index (χ2n) is 2.77. The van der Waals surface area contributed by atoms with E-state index in [2.05, 4.69) is 9.99 Å². The van der Waals surface area contributed by atoms with E-state index in [1.165, 1.54) is 7.11 Å². The van der Waals surface area contributed by atoms with Crippen molar-refractivity contribution in [2.75, 3.05) is 7.11 Å². The van der Waals surface area contributed by atoms with Crippen LogP contribution in [0.2, 0.25) is 0 Å². The first-order valence-electron chi connectivity index (χ1n) is 4.15. The molecule has 1 N–H and O–H groups in total. The standard InChI is InChI=1S/C8H6N4O5/c1-17-10-8-5(4-9)2-6(11(13)14)3-7(8)12(15)16/h2-3,9H,1H3/b10-8+. The van der Waals surface area contributed by atoms with Crippen LogP contribution in [0.5, 0.6) is 0 Å². The van der Waals surface area contributed by atoms with Crippen LogP contribution in [0, 0.1) is 25.6 Å². The zero-order valence-corrected chi connectivity index (χ0v) is 8.54. The number of hydrogen-bond donors (Lipinski definition) is 1. The highest BCUT2D eigenvalue weighted by molar-refractivity contribution is 6.18. The van der Waals surface area contributed by atoms with E-state index in [0.717, 1.165) is 12.2 Å². The Balaban J connectivity index is 3.44. The second kappa shape index (κ2) is 4.81. The number of allylic oxidation sites excluding steroid dienone is 3. The molecule has 0 bridgehead atoms. The number of nitrogens with zero attached hydrogens (tertiary/aromatic N) is 3. The molecule has 0 unspecified atom stereocenters. The van der Waals surface area contributed by atoms with E-state index >= 15 is 0 Å². The minimum atomic E-state index is -0.842. The van der Waals surface area contributed by atoms with E-state index in [1.807, 2.05) is 5.87 Å². The Hall–Kier alpha value is -2.80. The van der Waals surface area contributed by atoms with E-state index in [4.69, 9.17) is 5.41 Å². The van der Waals surface area contributed by atoms with E-state index < -0.39 is 21.2 Å². The third-order valence-electron chi connectivity index (χ3n) is 1.80. The molecular formula is C8H6N4O5. The van der Waals surface area contributed by atoms with Crippen LogP contribution in [0.4, 0.5) is 0 Å². The minimum absolute atomic E-state index is 0.187. The molecule has 0 aromatic heterocycles. The van der Waals surface area contributed by atoms with Crippen LogP contribution in [-0.4, -0.2) is 28.5 Å². The van der Waals surface area contributed by atoms with Gasteiger partial charge in [0, 0.05) is 6.08 Å². The quantitative estimate of drug-likeness (QED) is 0.434. The Morgan fingerprint density at radius 1 is 1.35 bits per heavy atom. The lowest BCUT2D eigenvalue weighted by Crippen LogP contribution is -2.19. The van der Waals surface area contributed by atoms with Gasteiger partial charge in [0.05, 0.1) is 21.5 Å². The molecular weight excluding hydrogens is 232 g/mol. The van der Waals surface area contributed by atoms with E-state index in [0.29, 0.717) is 0 Å². The molecule has 0 aliphatic heterocycles. The van der Waals surface area contributed by atoms with Crippen LogP contribution in [-0.2, 0) is 4.84 Å². The summed E-state index contributed by atoms with van der Waals surface area (Å²) in [6.07, 6.45) is 1.70. The van der Waals surface area contributed by atoms with Crippen molar-refractivity contribution in [3.63, 3.8) is 0 Å². The van der Waals surface area contributed by atoms with Crippen LogP contribution < -0.4 is 0 Å². The Labute approximate surface area is 94.2 Å². The van der Waals surface area contributed by atoms with Crippen molar-refractivity contribution in [3.8, 4) is 0 Å². The molecule has 0 saturated carbocycles. The van der Waals surface area contributed by atoms with Gasteiger partial charge in [0.2, 0.25) is 0 Å². The maximum absolute atomic E-state index is 10.7. The van der Waals surface area contributed by atoms with Crippen LogP contribution in [0.1, 0.15) is 0 Å². The molecule has 9 nitrogen and oxygen atoms in total. The van der Waals surface area contributed by atoms with Gasteiger partial charge in [-0.1, -0.05) is 5.16 Å². The summed E-state index contributed by atoms with van der Waals surface area (Å²) in [5.41, 5.74) is -1.59. The summed E-state index contributed by atoms with van der Waals surface area (Å²) < 4.78 is 0. The minimum Gasteiger partial charge on any atom is -0.398 e. The fourth-order valence-electron chi connectivity index (χ4n) is 1.13. The highest BCUT2D eigenvalue weighted by atomic mass is 16.6. The normalized spacial score (nSPS) is 17.0. The van der Waals surface area contributed by atoms with Gasteiger partial charge in [-0.05, 0) is 5.87 Å². The smallest absolute Gasteiger partial charge is 0.306 e. The van der Waals surface area contributed by atoms with E-state index in [-0.39, 0.29) is 11.3 Å². The molecule has 1 rings (SSSR count). The van der Waals surface area contributed by atoms with Crippen LogP contribution >= 0.6 is 0 Å². The molecule has 88 valence electrons. The average Bonchev–Trinajstić information content (AvgIpc) is 2.28. The summed E-state index contributed by atoms with van der Waals surface area (Å²) in [5.74, 6) is 1.84. The van der Waals surface area contributed by atoms with Gasteiger partial charge in [-0.3, -0.25) is 25.6 Å². The molecule has 0 aromatic carbocycles. The molecule has 0 aromatic rings. The van der Waals surface area contributed by atoms with Gasteiger partial charge in [0.25, 0.3) is 5.70 Å². The highest BCUT2D eigenvalue weighted by Gasteiger charge is 2.32. The van der Waals surface area contributed by atoms with Gasteiger partial charge in [0.1, 0.15) is 7.11 Å². The molecule has 0 atom stereocenters. The number of oxime groups is 1. The zero-order chi connectivity index (χ0) is 13.0. The molecule has 0 saturated heterocycles. The van der Waals surface area contributed by atoms with Crippen LogP contribution in [0.25, 0.3) is 0 Å². The Bertz CT molecular complexity index is 524. The maximum atomic E-state index is 10.7. The number of hydrogen-bond acceptors (Lipinski definition) is 7. The Kier molecular flexibility index (Phi) is 3.48. The summed E-state index contributed by atoms with van der Waals surface area (Å²) >= 11 is 0. The summed E-state index contributed by atoms with van der Waals surface area (Å²) in [6.45, 7) is 0. The lowest BCUT2D eigenvalue weighted by atomic mass is 10.0. The summed E-state index contributed by atoms with van der Waals surface area (Å²) in [6, 6.07) is 0. The van der Waals surface area contributed by atoms with Crippen molar-refractivity contribution in [2.24, 2.45) is 5.16 Å². The van der Waals surface area contributed by atoms with Gasteiger partial charge in [0.15, 0.2) is 5.71 Å². The van der Waals surface area contributed by atoms with Crippen LogP contribution in [0.15, 0.2) is 34.3 Å². The molecule has 1 aliphatic rings. The van der Waals surface area contributed by atoms with E-state index in [9.17, 15) is 20.2 Å². The summed E-state index contributed by atoms with van der Waals surface area (Å²) in [4.78, 5) is 24.0. The fourth-order valence-corrected chi connectivity index (χ4v) is 1.13. The van der Waals surface area contributed by atoms with Crippen molar-refractivity contribution in [1.82, 2.24) is 0 Å². The van der Waals surface area contributed by atoms with Gasteiger partial charge in [-0.25, -0.2) is 0 Å². The fraction of sp³-hybridized carbons (Fsp3) is 0.125. The number of nitrogens with one attached hydrogen (secondary N) is 1. The van der Waals surface area contributed by atoms with Crippen molar-refractivity contribution in [2.45, 2.75) is 0 Å². The monoisotopic (exact) mass is 238 g/mol. The second-order valence-corrected chi connectivity index (χ2v) is 2.77. The molecule has 0 heterocycles. The van der Waals surface area contributed by atoms with Crippen molar-refractivity contribution in [1.29, 1.82) is 5.41 Å². The SMILES string of the molecule is CO/N=C1\C(=C=N)C=C([N+](=O)[O-])C=C1[N+](=O)[O-].